The summed E-state index contributed by atoms with van der Waals surface area (Å²) < 4.78 is 38.1. The minimum Gasteiger partial charge on any atom is -0.493 e. The lowest BCUT2D eigenvalue weighted by Crippen LogP contribution is -2.48. The highest BCUT2D eigenvalue weighted by Crippen LogP contribution is 2.43. The molecule has 1 aromatic heterocycles. The van der Waals surface area contributed by atoms with Crippen LogP contribution >= 0.6 is 0 Å². The summed E-state index contributed by atoms with van der Waals surface area (Å²) in [5.74, 6) is 0.0658. The SMILES string of the molecule is COc1ccnc(CNC2(c3ccc(F)cc3F)CCC2)c1OC. The molecule has 1 N–H and O–H groups in total. The van der Waals surface area contributed by atoms with Crippen LogP contribution in [0.5, 0.6) is 11.5 Å². The van der Waals surface area contributed by atoms with Crippen LogP contribution in [0.1, 0.15) is 30.5 Å². The van der Waals surface area contributed by atoms with Crippen molar-refractivity contribution in [1.82, 2.24) is 10.3 Å². The van der Waals surface area contributed by atoms with Gasteiger partial charge in [0.05, 0.1) is 19.9 Å². The lowest BCUT2D eigenvalue weighted by molar-refractivity contribution is 0.175. The predicted molar refractivity (Wildman–Crippen MR) is 86.1 cm³/mol. The van der Waals surface area contributed by atoms with Crippen LogP contribution in [0.2, 0.25) is 0 Å². The monoisotopic (exact) mass is 334 g/mol. The number of aromatic nitrogens is 1. The van der Waals surface area contributed by atoms with Crippen LogP contribution in [0.15, 0.2) is 30.5 Å². The molecule has 6 heteroatoms. The van der Waals surface area contributed by atoms with Crippen molar-refractivity contribution in [3.63, 3.8) is 0 Å². The van der Waals surface area contributed by atoms with Crippen molar-refractivity contribution in [3.8, 4) is 11.5 Å². The smallest absolute Gasteiger partial charge is 0.183 e. The zero-order chi connectivity index (χ0) is 17.2. The first-order chi connectivity index (χ1) is 11.6. The van der Waals surface area contributed by atoms with Gasteiger partial charge in [0, 0.05) is 36.0 Å². The van der Waals surface area contributed by atoms with E-state index in [0.717, 1.165) is 25.3 Å². The molecule has 0 amide bonds. The fraction of sp³-hybridized carbons (Fsp3) is 0.389. The van der Waals surface area contributed by atoms with E-state index >= 15 is 0 Å². The van der Waals surface area contributed by atoms with Crippen molar-refractivity contribution in [3.05, 3.63) is 53.4 Å². The molecular weight excluding hydrogens is 314 g/mol. The molecule has 0 atom stereocenters. The van der Waals surface area contributed by atoms with Gasteiger partial charge in [-0.05, 0) is 25.3 Å². The zero-order valence-corrected chi connectivity index (χ0v) is 13.7. The Bertz CT molecular complexity index is 733. The van der Waals surface area contributed by atoms with Crippen molar-refractivity contribution in [2.45, 2.75) is 31.3 Å². The van der Waals surface area contributed by atoms with Crippen molar-refractivity contribution < 1.29 is 18.3 Å². The summed E-state index contributed by atoms with van der Waals surface area (Å²) in [5.41, 5.74) is 0.691. The Morgan fingerprint density at radius 2 is 1.96 bits per heavy atom. The van der Waals surface area contributed by atoms with Crippen molar-refractivity contribution in [2.24, 2.45) is 0 Å². The van der Waals surface area contributed by atoms with Gasteiger partial charge in [-0.3, -0.25) is 4.98 Å². The van der Waals surface area contributed by atoms with Gasteiger partial charge >= 0.3 is 0 Å². The number of nitrogens with one attached hydrogen (secondary N) is 1. The van der Waals surface area contributed by atoms with E-state index in [1.807, 2.05) is 0 Å². The maximum Gasteiger partial charge on any atom is 0.183 e. The molecule has 1 aromatic carbocycles. The summed E-state index contributed by atoms with van der Waals surface area (Å²) in [7, 11) is 3.12. The minimum absolute atomic E-state index is 0.400. The van der Waals surface area contributed by atoms with E-state index in [2.05, 4.69) is 10.3 Å². The number of pyridine rings is 1. The molecule has 0 unspecified atom stereocenters. The van der Waals surface area contributed by atoms with E-state index in [1.165, 1.54) is 12.1 Å². The van der Waals surface area contributed by atoms with Crippen LogP contribution in [0, 0.1) is 11.6 Å². The molecule has 0 bridgehead atoms. The number of nitrogens with zero attached hydrogens (tertiary/aromatic N) is 1. The summed E-state index contributed by atoms with van der Waals surface area (Å²) in [5, 5.41) is 3.39. The van der Waals surface area contributed by atoms with Gasteiger partial charge in [-0.2, -0.15) is 0 Å². The minimum atomic E-state index is -0.568. The van der Waals surface area contributed by atoms with Crippen molar-refractivity contribution >= 4 is 0 Å². The standard InChI is InChI=1S/C18H20F2N2O2/c1-23-16-6-9-21-15(17(16)24-2)11-22-18(7-3-8-18)13-5-4-12(19)10-14(13)20/h4-6,9-10,22H,3,7-8,11H2,1-2H3. The van der Waals surface area contributed by atoms with Gasteiger partial charge in [0.2, 0.25) is 0 Å². The molecule has 0 spiro atoms. The zero-order valence-electron chi connectivity index (χ0n) is 13.7. The Morgan fingerprint density at radius 3 is 2.54 bits per heavy atom. The highest BCUT2D eigenvalue weighted by atomic mass is 19.1. The first kappa shape index (κ1) is 16.6. The topological polar surface area (TPSA) is 43.4 Å². The maximum atomic E-state index is 14.2. The average Bonchev–Trinajstić information content (AvgIpc) is 2.54. The molecule has 0 saturated heterocycles. The third-order valence-electron chi connectivity index (χ3n) is 4.61. The number of rotatable bonds is 6. The van der Waals surface area contributed by atoms with Crippen LogP contribution in [-0.4, -0.2) is 19.2 Å². The number of hydrogen-bond donors (Lipinski definition) is 1. The molecule has 1 aliphatic rings. The van der Waals surface area contributed by atoms with Gasteiger partial charge in [-0.25, -0.2) is 8.78 Å². The van der Waals surface area contributed by atoms with E-state index in [-0.39, 0.29) is 0 Å². The molecule has 4 nitrogen and oxygen atoms in total. The predicted octanol–water partition coefficient (Wildman–Crippen LogP) is 3.55. The molecule has 128 valence electrons. The number of halogens is 2. The Balaban J connectivity index is 1.85. The Labute approximate surface area is 139 Å². The second-order valence-electron chi connectivity index (χ2n) is 5.91. The summed E-state index contributed by atoms with van der Waals surface area (Å²) in [6, 6.07) is 5.47. The van der Waals surface area contributed by atoms with Crippen LogP contribution in [0.4, 0.5) is 8.78 Å². The third kappa shape index (κ3) is 2.94. The summed E-state index contributed by atoms with van der Waals surface area (Å²) in [4.78, 5) is 4.33. The van der Waals surface area contributed by atoms with E-state index < -0.39 is 17.2 Å². The van der Waals surface area contributed by atoms with Gasteiger partial charge in [0.1, 0.15) is 11.6 Å². The van der Waals surface area contributed by atoms with E-state index in [9.17, 15) is 8.78 Å². The van der Waals surface area contributed by atoms with E-state index in [0.29, 0.717) is 29.3 Å². The second-order valence-corrected chi connectivity index (χ2v) is 5.91. The van der Waals surface area contributed by atoms with E-state index in [4.69, 9.17) is 9.47 Å². The van der Waals surface area contributed by atoms with Gasteiger partial charge in [0.15, 0.2) is 11.5 Å². The first-order valence-corrected chi connectivity index (χ1v) is 7.86. The van der Waals surface area contributed by atoms with Gasteiger partial charge in [0.25, 0.3) is 0 Å². The number of methoxy groups -OCH3 is 2. The van der Waals surface area contributed by atoms with Crippen LogP contribution in [0.25, 0.3) is 0 Å². The lowest BCUT2D eigenvalue weighted by atomic mass is 9.71. The molecule has 1 saturated carbocycles. The number of benzene rings is 1. The van der Waals surface area contributed by atoms with E-state index in [1.54, 1.807) is 26.5 Å². The quantitative estimate of drug-likeness (QED) is 0.877. The summed E-state index contributed by atoms with van der Waals surface area (Å²) in [6.07, 6.45) is 4.22. The van der Waals surface area contributed by atoms with Crippen LogP contribution in [0.3, 0.4) is 0 Å². The van der Waals surface area contributed by atoms with Gasteiger partial charge < -0.3 is 14.8 Å². The Kier molecular flexibility index (Phi) is 4.66. The molecule has 0 radical (unpaired) electrons. The second kappa shape index (κ2) is 6.73. The number of ether oxygens (including phenoxy) is 2. The van der Waals surface area contributed by atoms with Crippen LogP contribution < -0.4 is 14.8 Å². The maximum absolute atomic E-state index is 14.2. The molecule has 0 aliphatic heterocycles. The lowest BCUT2D eigenvalue weighted by Gasteiger charge is -2.43. The average molecular weight is 334 g/mol. The summed E-state index contributed by atoms with van der Waals surface area (Å²) in [6.45, 7) is 0.400. The van der Waals surface area contributed by atoms with Crippen molar-refractivity contribution in [1.29, 1.82) is 0 Å². The highest BCUT2D eigenvalue weighted by molar-refractivity contribution is 5.42. The molecule has 1 fully saturated rings. The summed E-state index contributed by atoms with van der Waals surface area (Å²) >= 11 is 0. The van der Waals surface area contributed by atoms with Crippen molar-refractivity contribution in [2.75, 3.05) is 14.2 Å². The molecule has 1 heterocycles. The molecule has 1 aliphatic carbocycles. The fourth-order valence-electron chi connectivity index (χ4n) is 3.18. The van der Waals surface area contributed by atoms with Gasteiger partial charge in [-0.15, -0.1) is 0 Å². The molecular formula is C18H20F2N2O2. The molecule has 24 heavy (non-hydrogen) atoms. The normalized spacial score (nSPS) is 15.7. The van der Waals surface area contributed by atoms with Gasteiger partial charge in [-0.1, -0.05) is 6.07 Å². The first-order valence-electron chi connectivity index (χ1n) is 7.86. The molecule has 2 aromatic rings. The largest absolute Gasteiger partial charge is 0.493 e. The fourth-order valence-corrected chi connectivity index (χ4v) is 3.18. The molecule has 3 rings (SSSR count). The van der Waals surface area contributed by atoms with Crippen LogP contribution in [-0.2, 0) is 12.1 Å². The highest BCUT2D eigenvalue weighted by Gasteiger charge is 2.40. The number of hydrogen-bond acceptors (Lipinski definition) is 4. The Hall–Kier alpha value is -2.21. The third-order valence-corrected chi connectivity index (χ3v) is 4.61. The Morgan fingerprint density at radius 1 is 1.17 bits per heavy atom.